The number of aromatic hydroxyl groups is 2. The second kappa shape index (κ2) is 10.6. The lowest BCUT2D eigenvalue weighted by Crippen LogP contribution is -2.65. The van der Waals surface area contributed by atoms with Crippen LogP contribution < -0.4 is 0 Å². The second-order valence-electron chi connectivity index (χ2n) is 17.0. The Labute approximate surface area is 265 Å². The Bertz CT molecular complexity index is 1360. The van der Waals surface area contributed by atoms with Gasteiger partial charge in [-0.15, -0.1) is 0 Å². The van der Waals surface area contributed by atoms with Crippen LogP contribution in [-0.2, 0) is 9.53 Å². The Morgan fingerprint density at radius 3 is 2.39 bits per heavy atom. The number of fused-ring (bicyclic) bond motifs is 7. The molecule has 0 unspecified atom stereocenters. The van der Waals surface area contributed by atoms with Gasteiger partial charge in [0.1, 0.15) is 6.10 Å². The van der Waals surface area contributed by atoms with Gasteiger partial charge in [0, 0.05) is 23.5 Å². The lowest BCUT2D eigenvalue weighted by Gasteiger charge is -2.71. The van der Waals surface area contributed by atoms with Gasteiger partial charge in [0.25, 0.3) is 0 Å². The first-order valence-electron chi connectivity index (χ1n) is 17.3. The smallest absolute Gasteiger partial charge is 0.331 e. The maximum Gasteiger partial charge on any atom is 0.331 e. The molecule has 5 heteroatoms. The molecule has 0 saturated heterocycles. The molecule has 10 atom stereocenters. The highest BCUT2D eigenvalue weighted by Gasteiger charge is 2.68. The van der Waals surface area contributed by atoms with Crippen LogP contribution >= 0.6 is 0 Å². The van der Waals surface area contributed by atoms with Gasteiger partial charge in [-0.1, -0.05) is 66.2 Å². The summed E-state index contributed by atoms with van der Waals surface area (Å²) in [6.07, 6.45) is 15.7. The quantitative estimate of drug-likeness (QED) is 0.139. The van der Waals surface area contributed by atoms with Crippen molar-refractivity contribution in [1.29, 1.82) is 0 Å². The predicted octanol–water partition coefficient (Wildman–Crippen LogP) is 8.67. The molecule has 6 rings (SSSR count). The molecule has 4 fully saturated rings. The predicted molar refractivity (Wildman–Crippen MR) is 175 cm³/mol. The molecule has 0 aliphatic heterocycles. The van der Waals surface area contributed by atoms with E-state index in [4.69, 9.17) is 4.74 Å². The topological polar surface area (TPSA) is 87.0 Å². The van der Waals surface area contributed by atoms with Crippen molar-refractivity contribution in [2.75, 3.05) is 6.61 Å². The zero-order valence-corrected chi connectivity index (χ0v) is 28.2. The number of carbonyl (C=O) groups excluding carboxylic acids is 1. The molecule has 4 saturated carbocycles. The third-order valence-corrected chi connectivity index (χ3v) is 15.1. The van der Waals surface area contributed by atoms with Crippen molar-refractivity contribution in [3.05, 3.63) is 41.5 Å². The van der Waals surface area contributed by atoms with E-state index >= 15 is 0 Å². The average molecular weight is 605 g/mol. The number of phenols is 2. The molecule has 1 aromatic rings. The summed E-state index contributed by atoms with van der Waals surface area (Å²) in [5.74, 6) is 2.09. The summed E-state index contributed by atoms with van der Waals surface area (Å²) >= 11 is 0. The van der Waals surface area contributed by atoms with E-state index in [1.54, 1.807) is 17.7 Å². The van der Waals surface area contributed by atoms with Crippen LogP contribution in [0.15, 0.2) is 35.9 Å². The van der Waals surface area contributed by atoms with Crippen molar-refractivity contribution < 1.29 is 24.9 Å². The third-order valence-electron chi connectivity index (χ3n) is 15.1. The number of aliphatic hydroxyl groups is 1. The summed E-state index contributed by atoms with van der Waals surface area (Å²) in [4.78, 5) is 13.0. The number of benzene rings is 1. The molecule has 3 N–H and O–H groups in total. The van der Waals surface area contributed by atoms with E-state index in [-0.39, 0.29) is 50.6 Å². The highest BCUT2D eigenvalue weighted by molar-refractivity contribution is 5.87. The molecule has 0 radical (unpaired) electrons. The van der Waals surface area contributed by atoms with Crippen LogP contribution in [0.1, 0.15) is 112 Å². The van der Waals surface area contributed by atoms with Gasteiger partial charge in [0.2, 0.25) is 0 Å². The molecule has 44 heavy (non-hydrogen) atoms. The first-order chi connectivity index (χ1) is 20.6. The molecule has 5 aliphatic carbocycles. The Morgan fingerprint density at radius 2 is 1.68 bits per heavy atom. The van der Waals surface area contributed by atoms with Gasteiger partial charge >= 0.3 is 5.97 Å². The van der Waals surface area contributed by atoms with Crippen LogP contribution in [0, 0.1) is 56.7 Å². The summed E-state index contributed by atoms with van der Waals surface area (Å²) < 4.78 is 6.17. The maximum atomic E-state index is 13.0. The Balaban J connectivity index is 1.25. The molecule has 5 nitrogen and oxygen atoms in total. The molecular weight excluding hydrogens is 548 g/mol. The minimum Gasteiger partial charge on any atom is -0.504 e. The van der Waals surface area contributed by atoms with Crippen molar-refractivity contribution in [2.45, 2.75) is 112 Å². The van der Waals surface area contributed by atoms with Gasteiger partial charge in [-0.2, -0.15) is 0 Å². The maximum absolute atomic E-state index is 13.0. The van der Waals surface area contributed by atoms with Crippen LogP contribution in [0.3, 0.4) is 0 Å². The summed E-state index contributed by atoms with van der Waals surface area (Å²) in [6.45, 7) is 17.6. The number of carbonyl (C=O) groups is 1. The van der Waals surface area contributed by atoms with Gasteiger partial charge in [-0.3, -0.25) is 0 Å². The summed E-state index contributed by atoms with van der Waals surface area (Å²) in [5.41, 5.74) is 2.76. The average Bonchev–Trinajstić information content (AvgIpc) is 2.97. The zero-order valence-electron chi connectivity index (χ0n) is 28.2. The van der Waals surface area contributed by atoms with Gasteiger partial charge in [-0.05, 0) is 127 Å². The highest BCUT2D eigenvalue weighted by atomic mass is 16.5. The van der Waals surface area contributed by atoms with Crippen LogP contribution in [0.5, 0.6) is 11.5 Å². The Morgan fingerprint density at radius 1 is 0.932 bits per heavy atom. The van der Waals surface area contributed by atoms with Crippen molar-refractivity contribution in [3.8, 4) is 11.5 Å². The van der Waals surface area contributed by atoms with Gasteiger partial charge in [-0.25, -0.2) is 4.79 Å². The minimum absolute atomic E-state index is 0.0581. The summed E-state index contributed by atoms with van der Waals surface area (Å²) in [7, 11) is 0. The molecule has 0 bridgehead atoms. The highest BCUT2D eigenvalue weighted by Crippen LogP contribution is 2.75. The van der Waals surface area contributed by atoms with E-state index in [0.717, 1.165) is 38.5 Å². The largest absolute Gasteiger partial charge is 0.504 e. The van der Waals surface area contributed by atoms with Crippen LogP contribution in [-0.4, -0.2) is 34.0 Å². The SMILES string of the molecule is C[C@H]1[C@H](C)CC[C@]2(CO)CC[C@]3(C)C(=CC[C@@H]4[C@@]5(C)CC[C@H](OC(=O)C=Cc6ccc(O)c(O)c6)C(C)(C)[C@@H]5CC[C@]43C)[C@H]12. The number of allylic oxidation sites excluding steroid dienone is 2. The van der Waals surface area contributed by atoms with Crippen LogP contribution in [0.2, 0.25) is 0 Å². The van der Waals surface area contributed by atoms with E-state index in [2.05, 4.69) is 54.5 Å². The zero-order chi connectivity index (χ0) is 31.9. The van der Waals surface area contributed by atoms with Crippen molar-refractivity contribution in [3.63, 3.8) is 0 Å². The molecule has 0 spiro atoms. The molecule has 242 valence electrons. The molecular formula is C39H56O5. The molecule has 0 aromatic heterocycles. The second-order valence-corrected chi connectivity index (χ2v) is 17.0. The number of aliphatic hydroxyl groups excluding tert-OH is 1. The number of ether oxygens (including phenoxy) is 1. The first kappa shape index (κ1) is 31.7. The number of hydrogen-bond donors (Lipinski definition) is 3. The standard InChI is InChI=1S/C39H56O5/c1-24-14-19-39(23-40)21-20-37(6)27(34(39)25(24)2)10-12-31-36(5)17-16-32(35(3,4)30(36)15-18-38(31,37)7)44-33(43)13-9-26-8-11-28(41)29(42)22-26/h8-11,13,22,24-25,30-32,34,40-42H,12,14-21,23H2,1-7H3/t24-,25+,30+,31-,32+,34+,36+,37-,38-,39-/m1/s1. The van der Waals surface area contributed by atoms with Crippen molar-refractivity contribution in [1.82, 2.24) is 0 Å². The Kier molecular flexibility index (Phi) is 7.67. The van der Waals surface area contributed by atoms with E-state index < -0.39 is 0 Å². The lowest BCUT2D eigenvalue weighted by atomic mass is 9.33. The van der Waals surface area contributed by atoms with E-state index in [9.17, 15) is 20.1 Å². The minimum atomic E-state index is -0.358. The fourth-order valence-electron chi connectivity index (χ4n) is 12.1. The number of rotatable bonds is 4. The first-order valence-corrected chi connectivity index (χ1v) is 17.3. The van der Waals surface area contributed by atoms with Gasteiger partial charge in [0.15, 0.2) is 11.5 Å². The van der Waals surface area contributed by atoms with Crippen molar-refractivity contribution in [2.24, 2.45) is 56.7 Å². The molecule has 5 aliphatic rings. The normalized spacial score (nSPS) is 44.5. The molecule has 1 aromatic carbocycles. The fraction of sp³-hybridized carbons (Fsp3) is 0.718. The van der Waals surface area contributed by atoms with E-state index in [0.29, 0.717) is 41.8 Å². The van der Waals surface area contributed by atoms with Gasteiger partial charge in [0.05, 0.1) is 0 Å². The monoisotopic (exact) mass is 604 g/mol. The van der Waals surface area contributed by atoms with Gasteiger partial charge < -0.3 is 20.1 Å². The summed E-state index contributed by atoms with van der Waals surface area (Å²) in [5, 5.41) is 30.2. The lowest BCUT2D eigenvalue weighted by molar-refractivity contribution is -0.212. The van der Waals surface area contributed by atoms with E-state index in [1.807, 2.05) is 0 Å². The molecule has 0 heterocycles. The number of phenolic OH excluding ortho intramolecular Hbond substituents is 2. The van der Waals surface area contributed by atoms with Crippen molar-refractivity contribution >= 4 is 12.0 Å². The summed E-state index contributed by atoms with van der Waals surface area (Å²) in [6, 6.07) is 4.51. The number of esters is 1. The fourth-order valence-corrected chi connectivity index (χ4v) is 12.1. The van der Waals surface area contributed by atoms with Crippen LogP contribution in [0.4, 0.5) is 0 Å². The number of hydrogen-bond acceptors (Lipinski definition) is 5. The van der Waals surface area contributed by atoms with E-state index in [1.165, 1.54) is 37.5 Å². The third kappa shape index (κ3) is 4.45. The van der Waals surface area contributed by atoms with Crippen LogP contribution in [0.25, 0.3) is 6.08 Å². The Hall–Kier alpha value is -2.27. The molecule has 0 amide bonds.